The van der Waals surface area contributed by atoms with Crippen LogP contribution in [0.15, 0.2) is 42.5 Å². The van der Waals surface area contributed by atoms with Crippen LogP contribution in [0.4, 0.5) is 0 Å². The monoisotopic (exact) mass is 368 g/mol. The van der Waals surface area contributed by atoms with Crippen molar-refractivity contribution < 1.29 is 19.1 Å². The summed E-state index contributed by atoms with van der Waals surface area (Å²) in [6.07, 6.45) is 0. The summed E-state index contributed by atoms with van der Waals surface area (Å²) in [6.45, 7) is 2.61. The van der Waals surface area contributed by atoms with E-state index in [1.165, 1.54) is 0 Å². The molecule has 3 rings (SSSR count). The lowest BCUT2D eigenvalue weighted by Gasteiger charge is -2.08. The topological polar surface area (TPSA) is 95.3 Å². The molecule has 0 atom stereocenters. The molecule has 140 valence electrons. The molecule has 0 radical (unpaired) electrons. The largest absolute Gasteiger partial charge is 0.497 e. The minimum atomic E-state index is -0.584. The van der Waals surface area contributed by atoms with Crippen molar-refractivity contribution in [3.8, 4) is 5.75 Å². The number of aromatic nitrogens is 3. The van der Waals surface area contributed by atoms with Crippen molar-refractivity contribution in [1.82, 2.24) is 20.3 Å². The highest BCUT2D eigenvalue weighted by atomic mass is 16.5. The molecule has 1 heterocycles. The van der Waals surface area contributed by atoms with Gasteiger partial charge in [-0.3, -0.25) is 4.79 Å². The van der Waals surface area contributed by atoms with Crippen molar-refractivity contribution in [2.75, 3.05) is 13.7 Å². The number of aryl methyl sites for hydroxylation is 1. The van der Waals surface area contributed by atoms with E-state index in [1.807, 2.05) is 31.2 Å². The summed E-state index contributed by atoms with van der Waals surface area (Å²) in [5, 5.41) is 10.7. The smallest absolute Gasteiger partial charge is 0.338 e. The van der Waals surface area contributed by atoms with E-state index in [1.54, 1.807) is 30.0 Å². The zero-order valence-electron chi connectivity index (χ0n) is 15.1. The third kappa shape index (κ3) is 4.41. The van der Waals surface area contributed by atoms with Crippen LogP contribution in [0, 0.1) is 0 Å². The Morgan fingerprint density at radius 1 is 1.19 bits per heavy atom. The van der Waals surface area contributed by atoms with Gasteiger partial charge in [0.1, 0.15) is 11.3 Å². The van der Waals surface area contributed by atoms with Crippen LogP contribution in [0.2, 0.25) is 0 Å². The van der Waals surface area contributed by atoms with Crippen molar-refractivity contribution in [2.45, 2.75) is 20.0 Å². The first-order valence-electron chi connectivity index (χ1n) is 8.50. The highest BCUT2D eigenvalue weighted by Gasteiger charge is 2.13. The number of esters is 1. The third-order valence-corrected chi connectivity index (χ3v) is 4.01. The number of nitrogens with zero attached hydrogens (tertiary/aromatic N) is 3. The summed E-state index contributed by atoms with van der Waals surface area (Å²) in [4.78, 5) is 24.1. The molecule has 2 aromatic carbocycles. The van der Waals surface area contributed by atoms with Gasteiger partial charge in [0.05, 0.1) is 18.2 Å². The molecule has 1 aromatic heterocycles. The van der Waals surface area contributed by atoms with Crippen LogP contribution in [-0.4, -0.2) is 40.6 Å². The molecule has 8 heteroatoms. The summed E-state index contributed by atoms with van der Waals surface area (Å²) in [5.41, 5.74) is 2.66. The molecule has 3 aromatic rings. The van der Waals surface area contributed by atoms with Gasteiger partial charge >= 0.3 is 5.97 Å². The van der Waals surface area contributed by atoms with Gasteiger partial charge in [-0.25, -0.2) is 9.48 Å². The first kappa shape index (κ1) is 18.4. The maximum absolute atomic E-state index is 12.2. The highest BCUT2D eigenvalue weighted by molar-refractivity contribution is 5.94. The normalized spacial score (nSPS) is 10.6. The number of ether oxygens (including phenoxy) is 2. The number of methoxy groups -OCH3 is 1. The van der Waals surface area contributed by atoms with E-state index < -0.39 is 5.97 Å². The van der Waals surface area contributed by atoms with E-state index in [4.69, 9.17) is 9.47 Å². The van der Waals surface area contributed by atoms with Crippen molar-refractivity contribution in [3.05, 3.63) is 53.6 Å². The van der Waals surface area contributed by atoms with E-state index in [-0.39, 0.29) is 12.5 Å². The molecule has 0 aliphatic heterocycles. The number of fused-ring (bicyclic) bond motifs is 1. The molecule has 8 nitrogen and oxygen atoms in total. The molecule has 1 N–H and O–H groups in total. The molecule has 0 saturated carbocycles. The lowest BCUT2D eigenvalue weighted by atomic mass is 10.2. The molecule has 0 aliphatic rings. The Kier molecular flexibility index (Phi) is 5.65. The maximum Gasteiger partial charge on any atom is 0.338 e. The van der Waals surface area contributed by atoms with Crippen LogP contribution in [0.3, 0.4) is 0 Å². The average molecular weight is 368 g/mol. The zero-order chi connectivity index (χ0) is 19.2. The number of carbonyl (C=O) groups excluding carboxylic acids is 2. The number of nitrogens with one attached hydrogen (secondary N) is 1. The van der Waals surface area contributed by atoms with Crippen LogP contribution in [-0.2, 0) is 22.6 Å². The standard InChI is InChI=1S/C19H20N4O4/c1-3-23-17-8-7-14(10-16(17)21-22-23)19(25)27-12-18(24)20-11-13-5-4-6-15(9-13)26-2/h4-10H,3,11-12H2,1-2H3,(H,20,24). The Bertz CT molecular complexity index is 967. The van der Waals surface area contributed by atoms with E-state index in [9.17, 15) is 9.59 Å². The Morgan fingerprint density at radius 3 is 2.81 bits per heavy atom. The second-order valence-corrected chi connectivity index (χ2v) is 5.81. The zero-order valence-corrected chi connectivity index (χ0v) is 15.1. The Balaban J connectivity index is 1.53. The fourth-order valence-corrected chi connectivity index (χ4v) is 2.58. The number of carbonyl (C=O) groups is 2. The van der Waals surface area contributed by atoms with Gasteiger partial charge in [0.25, 0.3) is 5.91 Å². The molecular weight excluding hydrogens is 348 g/mol. The molecule has 0 fully saturated rings. The quantitative estimate of drug-likeness (QED) is 0.640. The first-order chi connectivity index (χ1) is 13.1. The van der Waals surface area contributed by atoms with E-state index in [0.29, 0.717) is 29.9 Å². The summed E-state index contributed by atoms with van der Waals surface area (Å²) in [7, 11) is 1.58. The molecule has 0 aliphatic carbocycles. The molecule has 0 spiro atoms. The van der Waals surface area contributed by atoms with Crippen LogP contribution >= 0.6 is 0 Å². The van der Waals surface area contributed by atoms with Crippen LogP contribution < -0.4 is 10.1 Å². The fraction of sp³-hybridized carbons (Fsp3) is 0.263. The number of benzene rings is 2. The number of hydrogen-bond acceptors (Lipinski definition) is 6. The van der Waals surface area contributed by atoms with Gasteiger partial charge < -0.3 is 14.8 Å². The minimum Gasteiger partial charge on any atom is -0.497 e. The van der Waals surface area contributed by atoms with Crippen LogP contribution in [0.1, 0.15) is 22.8 Å². The van der Waals surface area contributed by atoms with Gasteiger partial charge in [0, 0.05) is 13.1 Å². The van der Waals surface area contributed by atoms with E-state index in [0.717, 1.165) is 11.1 Å². The molecule has 0 unspecified atom stereocenters. The van der Waals surface area contributed by atoms with Crippen LogP contribution in [0.5, 0.6) is 5.75 Å². The van der Waals surface area contributed by atoms with Crippen molar-refractivity contribution >= 4 is 22.9 Å². The van der Waals surface area contributed by atoms with Crippen molar-refractivity contribution in [3.63, 3.8) is 0 Å². The van der Waals surface area contributed by atoms with Gasteiger partial charge in [-0.2, -0.15) is 0 Å². The first-order valence-corrected chi connectivity index (χ1v) is 8.50. The Hall–Kier alpha value is -3.42. The molecule has 0 saturated heterocycles. The van der Waals surface area contributed by atoms with Gasteiger partial charge in [0.15, 0.2) is 6.61 Å². The highest BCUT2D eigenvalue weighted by Crippen LogP contribution is 2.14. The van der Waals surface area contributed by atoms with Gasteiger partial charge in [-0.1, -0.05) is 17.3 Å². The molecule has 1 amide bonds. The Morgan fingerprint density at radius 2 is 2.04 bits per heavy atom. The maximum atomic E-state index is 12.2. The lowest BCUT2D eigenvalue weighted by Crippen LogP contribution is -2.28. The summed E-state index contributed by atoms with van der Waals surface area (Å²) < 4.78 is 11.9. The number of hydrogen-bond donors (Lipinski definition) is 1. The van der Waals surface area contributed by atoms with Crippen LogP contribution in [0.25, 0.3) is 11.0 Å². The second-order valence-electron chi connectivity index (χ2n) is 5.81. The summed E-state index contributed by atoms with van der Waals surface area (Å²) in [6, 6.07) is 12.4. The lowest BCUT2D eigenvalue weighted by molar-refractivity contribution is -0.124. The van der Waals surface area contributed by atoms with E-state index >= 15 is 0 Å². The number of rotatable bonds is 7. The molecular formula is C19H20N4O4. The van der Waals surface area contributed by atoms with Gasteiger partial charge in [-0.05, 0) is 42.8 Å². The van der Waals surface area contributed by atoms with Crippen molar-refractivity contribution in [1.29, 1.82) is 0 Å². The second kappa shape index (κ2) is 8.31. The third-order valence-electron chi connectivity index (χ3n) is 4.01. The molecule has 27 heavy (non-hydrogen) atoms. The number of amides is 1. The fourth-order valence-electron chi connectivity index (χ4n) is 2.58. The van der Waals surface area contributed by atoms with Gasteiger partial charge in [-0.15, -0.1) is 5.10 Å². The predicted octanol–water partition coefficient (Wildman–Crippen LogP) is 1.93. The SMILES string of the molecule is CCn1nnc2cc(C(=O)OCC(=O)NCc3cccc(OC)c3)ccc21. The van der Waals surface area contributed by atoms with Gasteiger partial charge in [0.2, 0.25) is 0 Å². The summed E-state index contributed by atoms with van der Waals surface area (Å²) >= 11 is 0. The minimum absolute atomic E-state index is 0.319. The summed E-state index contributed by atoms with van der Waals surface area (Å²) in [5.74, 6) is -0.257. The average Bonchev–Trinajstić information content (AvgIpc) is 3.12. The predicted molar refractivity (Wildman–Crippen MR) is 98.3 cm³/mol. The van der Waals surface area contributed by atoms with E-state index in [2.05, 4.69) is 15.6 Å². The Labute approximate surface area is 156 Å². The van der Waals surface area contributed by atoms with Crippen molar-refractivity contribution in [2.24, 2.45) is 0 Å². The molecule has 0 bridgehead atoms.